The van der Waals surface area contributed by atoms with E-state index in [4.69, 9.17) is 15.1 Å². The zero-order valence-electron chi connectivity index (χ0n) is 10.6. The molecule has 0 saturated carbocycles. The van der Waals surface area contributed by atoms with Gasteiger partial charge in [0.25, 0.3) is 0 Å². The number of hydrogen-bond donors (Lipinski definition) is 2. The van der Waals surface area contributed by atoms with E-state index in [0.717, 1.165) is 12.3 Å². The quantitative estimate of drug-likeness (QED) is 0.601. The molecule has 1 heterocycles. The van der Waals surface area contributed by atoms with Crippen LogP contribution in [-0.4, -0.2) is 30.1 Å². The van der Waals surface area contributed by atoms with Crippen molar-refractivity contribution in [2.75, 3.05) is 30.8 Å². The van der Waals surface area contributed by atoms with Gasteiger partial charge in [0, 0.05) is 13.2 Å². The SMILES string of the molecule is CC(C)COCCNc1ccc(N)c2nonc12. The third-order valence-electron chi connectivity index (χ3n) is 2.46. The second-order valence-electron chi connectivity index (χ2n) is 4.56. The molecule has 98 valence electrons. The summed E-state index contributed by atoms with van der Waals surface area (Å²) in [4.78, 5) is 0. The lowest BCUT2D eigenvalue weighted by Gasteiger charge is -2.09. The molecule has 6 nitrogen and oxygen atoms in total. The van der Waals surface area contributed by atoms with Crippen molar-refractivity contribution >= 4 is 22.4 Å². The number of fused-ring (bicyclic) bond motifs is 1. The molecule has 0 fully saturated rings. The molecule has 0 amide bonds. The smallest absolute Gasteiger partial charge is 0.160 e. The van der Waals surface area contributed by atoms with Gasteiger partial charge in [-0.05, 0) is 28.4 Å². The summed E-state index contributed by atoms with van der Waals surface area (Å²) in [5.74, 6) is 0.549. The van der Waals surface area contributed by atoms with Crippen molar-refractivity contribution in [1.82, 2.24) is 10.3 Å². The van der Waals surface area contributed by atoms with Gasteiger partial charge >= 0.3 is 0 Å². The standard InChI is InChI=1S/C12H18N4O2/c1-8(2)7-17-6-5-14-10-4-3-9(13)11-12(10)16-18-15-11/h3-4,8,14H,5-7,13H2,1-2H3. The first-order valence-electron chi connectivity index (χ1n) is 6.01. The Hall–Kier alpha value is -1.82. The molecule has 0 aliphatic rings. The molecule has 1 aromatic carbocycles. The monoisotopic (exact) mass is 250 g/mol. The minimum Gasteiger partial charge on any atom is -0.397 e. The molecule has 0 saturated heterocycles. The number of aromatic nitrogens is 2. The van der Waals surface area contributed by atoms with E-state index in [0.29, 0.717) is 35.8 Å². The molecule has 6 heteroatoms. The minimum absolute atomic E-state index is 0.549. The van der Waals surface area contributed by atoms with Gasteiger partial charge in [-0.2, -0.15) is 0 Å². The summed E-state index contributed by atoms with van der Waals surface area (Å²) in [5.41, 5.74) is 8.42. The van der Waals surface area contributed by atoms with E-state index in [1.165, 1.54) is 0 Å². The molecule has 0 unspecified atom stereocenters. The van der Waals surface area contributed by atoms with Gasteiger partial charge in [-0.3, -0.25) is 0 Å². The first kappa shape index (κ1) is 12.6. The zero-order chi connectivity index (χ0) is 13.0. The van der Waals surface area contributed by atoms with Crippen LogP contribution in [0.4, 0.5) is 11.4 Å². The first-order chi connectivity index (χ1) is 8.68. The van der Waals surface area contributed by atoms with Gasteiger partial charge < -0.3 is 15.8 Å². The lowest BCUT2D eigenvalue weighted by molar-refractivity contribution is 0.118. The minimum atomic E-state index is 0.549. The number of anilines is 2. The number of ether oxygens (including phenoxy) is 1. The molecule has 0 aliphatic carbocycles. The van der Waals surface area contributed by atoms with Crippen molar-refractivity contribution in [3.05, 3.63) is 12.1 Å². The molecule has 1 aromatic heterocycles. The highest BCUT2D eigenvalue weighted by Crippen LogP contribution is 2.24. The summed E-state index contributed by atoms with van der Waals surface area (Å²) in [6.07, 6.45) is 0. The Morgan fingerprint density at radius 1 is 1.33 bits per heavy atom. The van der Waals surface area contributed by atoms with E-state index >= 15 is 0 Å². The van der Waals surface area contributed by atoms with E-state index in [-0.39, 0.29) is 0 Å². The van der Waals surface area contributed by atoms with Gasteiger partial charge in [-0.1, -0.05) is 13.8 Å². The summed E-state index contributed by atoms with van der Waals surface area (Å²) in [6, 6.07) is 3.65. The largest absolute Gasteiger partial charge is 0.397 e. The molecule has 2 rings (SSSR count). The fourth-order valence-electron chi connectivity index (χ4n) is 1.61. The predicted octanol–water partition coefficient (Wildman–Crippen LogP) is 1.89. The van der Waals surface area contributed by atoms with E-state index in [9.17, 15) is 0 Å². The van der Waals surface area contributed by atoms with Crippen LogP contribution in [0.15, 0.2) is 16.8 Å². The predicted molar refractivity (Wildman–Crippen MR) is 70.4 cm³/mol. The summed E-state index contributed by atoms with van der Waals surface area (Å²) < 4.78 is 10.2. The van der Waals surface area contributed by atoms with Gasteiger partial charge in [0.2, 0.25) is 0 Å². The van der Waals surface area contributed by atoms with Crippen LogP contribution < -0.4 is 11.1 Å². The van der Waals surface area contributed by atoms with E-state index in [1.807, 2.05) is 6.07 Å². The van der Waals surface area contributed by atoms with Crippen LogP contribution in [0.1, 0.15) is 13.8 Å². The molecule has 0 atom stereocenters. The van der Waals surface area contributed by atoms with Gasteiger partial charge in [0.15, 0.2) is 11.0 Å². The number of nitrogens with zero attached hydrogens (tertiary/aromatic N) is 2. The van der Waals surface area contributed by atoms with Gasteiger partial charge in [-0.25, -0.2) is 4.63 Å². The number of benzene rings is 1. The van der Waals surface area contributed by atoms with Crippen molar-refractivity contribution in [3.8, 4) is 0 Å². The van der Waals surface area contributed by atoms with E-state index < -0.39 is 0 Å². The molecule has 18 heavy (non-hydrogen) atoms. The highest BCUT2D eigenvalue weighted by atomic mass is 16.6. The van der Waals surface area contributed by atoms with Crippen LogP contribution in [0.25, 0.3) is 11.0 Å². The zero-order valence-corrected chi connectivity index (χ0v) is 10.6. The van der Waals surface area contributed by atoms with Crippen molar-refractivity contribution in [3.63, 3.8) is 0 Å². The highest BCUT2D eigenvalue weighted by Gasteiger charge is 2.09. The highest BCUT2D eigenvalue weighted by molar-refractivity contribution is 5.94. The molecule has 3 N–H and O–H groups in total. The van der Waals surface area contributed by atoms with Crippen molar-refractivity contribution in [1.29, 1.82) is 0 Å². The van der Waals surface area contributed by atoms with Crippen LogP contribution in [0.5, 0.6) is 0 Å². The second kappa shape index (κ2) is 5.68. The topological polar surface area (TPSA) is 86.2 Å². The Morgan fingerprint density at radius 3 is 2.89 bits per heavy atom. The van der Waals surface area contributed by atoms with Crippen molar-refractivity contribution < 1.29 is 9.37 Å². The summed E-state index contributed by atoms with van der Waals surface area (Å²) in [5, 5.41) is 10.8. The normalized spacial score (nSPS) is 11.3. The van der Waals surface area contributed by atoms with E-state index in [2.05, 4.69) is 29.5 Å². The maximum Gasteiger partial charge on any atom is 0.160 e. The Bertz CT molecular complexity index is 510. The molecular weight excluding hydrogens is 232 g/mol. The number of nitrogens with one attached hydrogen (secondary N) is 1. The average Bonchev–Trinajstić information content (AvgIpc) is 2.81. The molecule has 2 aromatic rings. The van der Waals surface area contributed by atoms with Crippen LogP contribution >= 0.6 is 0 Å². The van der Waals surface area contributed by atoms with Crippen LogP contribution in [-0.2, 0) is 4.74 Å². The lowest BCUT2D eigenvalue weighted by Crippen LogP contribution is -2.12. The number of hydrogen-bond acceptors (Lipinski definition) is 6. The maximum absolute atomic E-state index is 5.76. The maximum atomic E-state index is 5.76. The molecule has 0 spiro atoms. The first-order valence-corrected chi connectivity index (χ1v) is 6.01. The molecular formula is C12H18N4O2. The second-order valence-corrected chi connectivity index (χ2v) is 4.56. The van der Waals surface area contributed by atoms with Gasteiger partial charge in [-0.15, -0.1) is 0 Å². The Balaban J connectivity index is 1.92. The third-order valence-corrected chi connectivity index (χ3v) is 2.46. The molecule has 0 bridgehead atoms. The van der Waals surface area contributed by atoms with Gasteiger partial charge in [0.1, 0.15) is 0 Å². The summed E-state index contributed by atoms with van der Waals surface area (Å²) >= 11 is 0. The molecule has 0 aliphatic heterocycles. The van der Waals surface area contributed by atoms with Crippen LogP contribution in [0.3, 0.4) is 0 Å². The van der Waals surface area contributed by atoms with Crippen LogP contribution in [0.2, 0.25) is 0 Å². The van der Waals surface area contributed by atoms with Crippen molar-refractivity contribution in [2.45, 2.75) is 13.8 Å². The van der Waals surface area contributed by atoms with Crippen molar-refractivity contribution in [2.24, 2.45) is 5.92 Å². The number of nitrogen functional groups attached to an aromatic ring is 1. The Kier molecular flexibility index (Phi) is 3.99. The van der Waals surface area contributed by atoms with E-state index in [1.54, 1.807) is 6.07 Å². The van der Waals surface area contributed by atoms with Gasteiger partial charge in [0.05, 0.1) is 18.0 Å². The number of nitrogens with two attached hydrogens (primary N) is 1. The average molecular weight is 250 g/mol. The fourth-order valence-corrected chi connectivity index (χ4v) is 1.61. The lowest BCUT2D eigenvalue weighted by atomic mass is 10.2. The Morgan fingerprint density at radius 2 is 2.11 bits per heavy atom. The van der Waals surface area contributed by atoms with Crippen LogP contribution in [0, 0.1) is 5.92 Å². The molecule has 0 radical (unpaired) electrons. The number of rotatable bonds is 6. The fraction of sp³-hybridized carbons (Fsp3) is 0.500. The third kappa shape index (κ3) is 2.89. The summed E-state index contributed by atoms with van der Waals surface area (Å²) in [7, 11) is 0. The Labute approximate surface area is 105 Å². The summed E-state index contributed by atoms with van der Waals surface area (Å²) in [6.45, 7) is 6.37.